The molecule has 8 nitrogen and oxygen atoms in total. The van der Waals surface area contributed by atoms with Gasteiger partial charge in [-0.1, -0.05) is 12.1 Å². The van der Waals surface area contributed by atoms with Crippen molar-refractivity contribution in [2.75, 3.05) is 25.5 Å². The number of halogens is 1. The highest BCUT2D eigenvalue weighted by Gasteiger charge is 2.24. The minimum atomic E-state index is -0.415. The van der Waals surface area contributed by atoms with Crippen LogP contribution in [0.5, 0.6) is 11.5 Å². The molecule has 3 aromatic rings. The number of carbonyl (C=O) groups excluding carboxylic acids is 2. The normalized spacial score (nSPS) is 14.7. The van der Waals surface area contributed by atoms with Gasteiger partial charge in [-0.3, -0.25) is 14.3 Å². The van der Waals surface area contributed by atoms with Crippen LogP contribution in [0.25, 0.3) is 0 Å². The average molecular weight is 424 g/mol. The van der Waals surface area contributed by atoms with Crippen LogP contribution in [0.15, 0.2) is 60.9 Å². The first kappa shape index (κ1) is 20.4. The molecule has 0 saturated carbocycles. The van der Waals surface area contributed by atoms with Gasteiger partial charge in [0.1, 0.15) is 19.0 Å². The highest BCUT2D eigenvalue weighted by Crippen LogP contribution is 2.30. The third kappa shape index (κ3) is 5.00. The molecule has 2 aromatic carbocycles. The minimum absolute atomic E-state index is 0.00703. The summed E-state index contributed by atoms with van der Waals surface area (Å²) in [6, 6.07) is 12.6. The quantitative estimate of drug-likeness (QED) is 0.657. The lowest BCUT2D eigenvalue weighted by molar-refractivity contribution is -0.132. The first-order valence-electron chi connectivity index (χ1n) is 9.70. The van der Waals surface area contributed by atoms with Crippen LogP contribution >= 0.6 is 0 Å². The standard InChI is InChI=1S/C22H21FN4O4/c1-26(12-18-14-30-19-4-2-3-5-20(19)31-18)21(28)13-27-11-17(10-24-27)25-22(29)15-6-8-16(23)9-7-15/h2-11,18H,12-14H2,1H3,(H,25,29)/t18-/m1/s1. The maximum absolute atomic E-state index is 13.0. The van der Waals surface area contributed by atoms with Gasteiger partial charge in [-0.25, -0.2) is 4.39 Å². The van der Waals surface area contributed by atoms with Crippen LogP contribution in [-0.4, -0.2) is 52.8 Å². The first-order chi connectivity index (χ1) is 15.0. The maximum Gasteiger partial charge on any atom is 0.255 e. The van der Waals surface area contributed by atoms with Crippen LogP contribution in [0.2, 0.25) is 0 Å². The van der Waals surface area contributed by atoms with Gasteiger partial charge in [0, 0.05) is 18.8 Å². The molecule has 0 saturated heterocycles. The summed E-state index contributed by atoms with van der Waals surface area (Å²) in [5.74, 6) is 0.383. The van der Waals surface area contributed by atoms with Crippen molar-refractivity contribution in [3.05, 3.63) is 72.3 Å². The second-order valence-corrected chi connectivity index (χ2v) is 7.16. The van der Waals surface area contributed by atoms with E-state index in [1.54, 1.807) is 18.1 Å². The number of hydrogen-bond acceptors (Lipinski definition) is 5. The van der Waals surface area contributed by atoms with Gasteiger partial charge in [-0.15, -0.1) is 0 Å². The number of para-hydroxylation sites is 2. The second kappa shape index (κ2) is 8.86. The highest BCUT2D eigenvalue weighted by atomic mass is 19.1. The van der Waals surface area contributed by atoms with Gasteiger partial charge in [-0.05, 0) is 36.4 Å². The average Bonchev–Trinajstić information content (AvgIpc) is 3.20. The van der Waals surface area contributed by atoms with Crippen molar-refractivity contribution in [2.24, 2.45) is 0 Å². The monoisotopic (exact) mass is 424 g/mol. The molecule has 0 spiro atoms. The maximum atomic E-state index is 13.0. The summed E-state index contributed by atoms with van der Waals surface area (Å²) in [6.07, 6.45) is 2.74. The zero-order valence-electron chi connectivity index (χ0n) is 16.8. The van der Waals surface area contributed by atoms with Crippen molar-refractivity contribution in [3.63, 3.8) is 0 Å². The van der Waals surface area contributed by atoms with E-state index in [1.165, 1.54) is 35.1 Å². The van der Waals surface area contributed by atoms with Crippen LogP contribution in [-0.2, 0) is 11.3 Å². The van der Waals surface area contributed by atoms with Crippen molar-refractivity contribution in [1.82, 2.24) is 14.7 Å². The van der Waals surface area contributed by atoms with Gasteiger partial charge in [0.05, 0.1) is 18.4 Å². The number of aromatic nitrogens is 2. The van der Waals surface area contributed by atoms with Crippen molar-refractivity contribution in [2.45, 2.75) is 12.6 Å². The number of hydrogen-bond donors (Lipinski definition) is 1. The van der Waals surface area contributed by atoms with Crippen molar-refractivity contribution in [1.29, 1.82) is 0 Å². The van der Waals surface area contributed by atoms with Gasteiger partial charge in [0.25, 0.3) is 5.91 Å². The molecule has 2 heterocycles. The van der Waals surface area contributed by atoms with E-state index in [0.29, 0.717) is 35.9 Å². The SMILES string of the molecule is CN(C[C@@H]1COc2ccccc2O1)C(=O)Cn1cc(NC(=O)c2ccc(F)cc2)cn1. The molecular weight excluding hydrogens is 403 g/mol. The number of fused-ring (bicyclic) bond motifs is 1. The molecule has 160 valence electrons. The fraction of sp³-hybridized carbons (Fsp3) is 0.227. The molecule has 9 heteroatoms. The number of rotatable bonds is 6. The third-order valence-corrected chi connectivity index (χ3v) is 4.77. The summed E-state index contributed by atoms with van der Waals surface area (Å²) in [7, 11) is 1.69. The Hall–Kier alpha value is -3.88. The first-order valence-corrected chi connectivity index (χ1v) is 9.70. The van der Waals surface area contributed by atoms with E-state index in [1.807, 2.05) is 24.3 Å². The largest absolute Gasteiger partial charge is 0.486 e. The predicted octanol–water partition coefficient (Wildman–Crippen LogP) is 2.57. The zero-order valence-corrected chi connectivity index (χ0v) is 16.8. The van der Waals surface area contributed by atoms with Crippen molar-refractivity contribution in [3.8, 4) is 11.5 Å². The Morgan fingerprint density at radius 1 is 1.19 bits per heavy atom. The number of amides is 2. The van der Waals surface area contributed by atoms with E-state index in [2.05, 4.69) is 10.4 Å². The Labute approximate surface area is 178 Å². The van der Waals surface area contributed by atoms with Gasteiger partial charge in [0.15, 0.2) is 17.6 Å². The predicted molar refractivity (Wildman–Crippen MR) is 111 cm³/mol. The molecule has 0 radical (unpaired) electrons. The topological polar surface area (TPSA) is 85.7 Å². The summed E-state index contributed by atoms with van der Waals surface area (Å²) in [6.45, 7) is 0.728. The van der Waals surface area contributed by atoms with E-state index in [4.69, 9.17) is 9.47 Å². The molecule has 1 aliphatic heterocycles. The van der Waals surface area contributed by atoms with Crippen LogP contribution in [0.3, 0.4) is 0 Å². The number of benzene rings is 2. The summed E-state index contributed by atoms with van der Waals surface area (Å²) < 4.78 is 26.0. The number of carbonyl (C=O) groups is 2. The molecule has 4 rings (SSSR count). The molecule has 2 amide bonds. The molecule has 0 bridgehead atoms. The molecule has 0 aliphatic carbocycles. The summed E-state index contributed by atoms with van der Waals surface area (Å²) in [5, 5.41) is 6.78. The van der Waals surface area contributed by atoms with E-state index in [0.717, 1.165) is 0 Å². The van der Waals surface area contributed by atoms with Gasteiger partial charge < -0.3 is 19.7 Å². The van der Waals surface area contributed by atoms with E-state index < -0.39 is 11.7 Å². The smallest absolute Gasteiger partial charge is 0.255 e. The van der Waals surface area contributed by atoms with Gasteiger partial charge in [0.2, 0.25) is 5.91 Å². The van der Waals surface area contributed by atoms with Crippen LogP contribution in [0.1, 0.15) is 10.4 Å². The van der Waals surface area contributed by atoms with Crippen molar-refractivity contribution < 1.29 is 23.5 Å². The van der Waals surface area contributed by atoms with Crippen LogP contribution < -0.4 is 14.8 Å². The summed E-state index contributed by atoms with van der Waals surface area (Å²) in [4.78, 5) is 26.3. The molecule has 31 heavy (non-hydrogen) atoms. The Morgan fingerprint density at radius 2 is 1.94 bits per heavy atom. The van der Waals surface area contributed by atoms with Gasteiger partial charge in [-0.2, -0.15) is 5.10 Å². The molecule has 1 aliphatic rings. The number of nitrogens with one attached hydrogen (secondary N) is 1. The van der Waals surface area contributed by atoms with E-state index >= 15 is 0 Å². The Morgan fingerprint density at radius 3 is 2.71 bits per heavy atom. The number of likely N-dealkylation sites (N-methyl/N-ethyl adjacent to an activating group) is 1. The minimum Gasteiger partial charge on any atom is -0.486 e. The zero-order chi connectivity index (χ0) is 21.8. The van der Waals surface area contributed by atoms with Crippen molar-refractivity contribution >= 4 is 17.5 Å². The summed E-state index contributed by atoms with van der Waals surface area (Å²) in [5.41, 5.74) is 0.756. The molecular formula is C22H21FN4O4. The fourth-order valence-electron chi connectivity index (χ4n) is 3.14. The molecule has 1 atom stereocenters. The van der Waals surface area contributed by atoms with Crippen LogP contribution in [0.4, 0.5) is 10.1 Å². The van der Waals surface area contributed by atoms with E-state index in [-0.39, 0.29) is 18.6 Å². The third-order valence-electron chi connectivity index (χ3n) is 4.77. The number of anilines is 1. The Bertz CT molecular complexity index is 1080. The second-order valence-electron chi connectivity index (χ2n) is 7.16. The van der Waals surface area contributed by atoms with Crippen LogP contribution in [0, 0.1) is 5.82 Å². The lowest BCUT2D eigenvalue weighted by atomic mass is 10.2. The summed E-state index contributed by atoms with van der Waals surface area (Å²) >= 11 is 0. The Balaban J connectivity index is 1.29. The number of ether oxygens (including phenoxy) is 2. The lowest BCUT2D eigenvalue weighted by Gasteiger charge is -2.29. The molecule has 1 N–H and O–H groups in total. The molecule has 0 unspecified atom stereocenters. The van der Waals surface area contributed by atoms with Gasteiger partial charge >= 0.3 is 0 Å². The number of nitrogens with zero attached hydrogens (tertiary/aromatic N) is 3. The molecule has 1 aromatic heterocycles. The Kier molecular flexibility index (Phi) is 5.83. The molecule has 0 fully saturated rings. The lowest BCUT2D eigenvalue weighted by Crippen LogP contribution is -2.42. The fourth-order valence-corrected chi connectivity index (χ4v) is 3.14. The highest BCUT2D eigenvalue weighted by molar-refractivity contribution is 6.04. The van der Waals surface area contributed by atoms with E-state index in [9.17, 15) is 14.0 Å².